The molecule has 2 aromatic rings. The molecule has 3 rings (SSSR count). The molecule has 2 atom stereocenters. The van der Waals surface area contributed by atoms with E-state index in [-0.39, 0.29) is 17.6 Å². The van der Waals surface area contributed by atoms with Crippen molar-refractivity contribution in [2.75, 3.05) is 0 Å². The van der Waals surface area contributed by atoms with Crippen LogP contribution >= 0.6 is 0 Å². The van der Waals surface area contributed by atoms with E-state index in [2.05, 4.69) is 22.4 Å². The molecule has 0 aliphatic heterocycles. The van der Waals surface area contributed by atoms with Gasteiger partial charge in [0.1, 0.15) is 5.69 Å². The van der Waals surface area contributed by atoms with E-state index in [1.807, 2.05) is 18.2 Å². The zero-order chi connectivity index (χ0) is 16.9. The topological polar surface area (TPSA) is 79.3 Å². The molecule has 5 heteroatoms. The summed E-state index contributed by atoms with van der Waals surface area (Å²) in [5, 5.41) is 12.1. The molecule has 2 N–H and O–H groups in total. The lowest BCUT2D eigenvalue weighted by molar-refractivity contribution is 0.0690. The molecule has 0 saturated heterocycles. The first-order valence-corrected chi connectivity index (χ1v) is 8.17. The van der Waals surface area contributed by atoms with Crippen molar-refractivity contribution in [3.05, 3.63) is 65.5 Å². The van der Waals surface area contributed by atoms with Crippen molar-refractivity contribution in [1.82, 2.24) is 10.3 Å². The Balaban J connectivity index is 1.67. The van der Waals surface area contributed by atoms with E-state index in [1.54, 1.807) is 6.07 Å². The van der Waals surface area contributed by atoms with Crippen molar-refractivity contribution >= 4 is 11.9 Å². The fourth-order valence-corrected chi connectivity index (χ4v) is 3.33. The minimum Gasteiger partial charge on any atom is -0.477 e. The molecule has 1 saturated carbocycles. The first kappa shape index (κ1) is 16.2. The predicted molar refractivity (Wildman–Crippen MR) is 89.9 cm³/mol. The van der Waals surface area contributed by atoms with Gasteiger partial charge in [-0.1, -0.05) is 36.8 Å². The quantitative estimate of drug-likeness (QED) is 0.886. The van der Waals surface area contributed by atoms with Crippen molar-refractivity contribution in [3.63, 3.8) is 0 Å². The van der Waals surface area contributed by atoms with E-state index in [4.69, 9.17) is 5.11 Å². The third-order valence-corrected chi connectivity index (χ3v) is 4.56. The number of carboxylic acid groups (broad SMARTS) is 1. The molecule has 24 heavy (non-hydrogen) atoms. The second-order valence-corrected chi connectivity index (χ2v) is 6.20. The van der Waals surface area contributed by atoms with E-state index < -0.39 is 5.97 Å². The van der Waals surface area contributed by atoms with Gasteiger partial charge < -0.3 is 10.4 Å². The molecular formula is C19H20N2O3. The first-order chi connectivity index (χ1) is 11.6. The standard InChI is InChI=1S/C19H20N2O3/c22-18(15-9-10-20-17(12-15)19(23)24)21-16-8-4-7-14(16)11-13-5-2-1-3-6-13/h1-3,5-6,9-10,12,14,16H,4,7-8,11H2,(H,21,22)(H,23,24). The summed E-state index contributed by atoms with van der Waals surface area (Å²) in [4.78, 5) is 27.2. The van der Waals surface area contributed by atoms with Gasteiger partial charge in [0.2, 0.25) is 0 Å². The monoisotopic (exact) mass is 324 g/mol. The molecule has 0 radical (unpaired) electrons. The van der Waals surface area contributed by atoms with Gasteiger partial charge in [0.15, 0.2) is 0 Å². The molecule has 1 fully saturated rings. The maximum absolute atomic E-state index is 12.4. The van der Waals surface area contributed by atoms with Gasteiger partial charge in [-0.15, -0.1) is 0 Å². The zero-order valence-electron chi connectivity index (χ0n) is 13.3. The Bertz CT molecular complexity index is 730. The number of aromatic nitrogens is 1. The molecule has 0 bridgehead atoms. The number of hydrogen-bond acceptors (Lipinski definition) is 3. The lowest BCUT2D eigenvalue weighted by atomic mass is 9.94. The van der Waals surface area contributed by atoms with Crippen LogP contribution in [0.3, 0.4) is 0 Å². The fourth-order valence-electron chi connectivity index (χ4n) is 3.33. The van der Waals surface area contributed by atoms with Gasteiger partial charge in [0.05, 0.1) is 0 Å². The van der Waals surface area contributed by atoms with Crippen LogP contribution in [-0.2, 0) is 6.42 Å². The van der Waals surface area contributed by atoms with Crippen LogP contribution in [0, 0.1) is 5.92 Å². The summed E-state index contributed by atoms with van der Waals surface area (Å²) in [6.07, 6.45) is 5.45. The van der Waals surface area contributed by atoms with E-state index in [0.717, 1.165) is 25.7 Å². The Morgan fingerprint density at radius 1 is 1.17 bits per heavy atom. The summed E-state index contributed by atoms with van der Waals surface area (Å²) in [6.45, 7) is 0. The van der Waals surface area contributed by atoms with Crippen molar-refractivity contribution in [1.29, 1.82) is 0 Å². The number of aromatic carboxylic acids is 1. The van der Waals surface area contributed by atoms with Gasteiger partial charge >= 0.3 is 5.97 Å². The van der Waals surface area contributed by atoms with Gasteiger partial charge in [-0.2, -0.15) is 0 Å². The van der Waals surface area contributed by atoms with Crippen molar-refractivity contribution in [2.45, 2.75) is 31.7 Å². The highest BCUT2D eigenvalue weighted by Crippen LogP contribution is 2.29. The van der Waals surface area contributed by atoms with Gasteiger partial charge in [-0.05, 0) is 42.9 Å². The highest BCUT2D eigenvalue weighted by molar-refractivity contribution is 5.96. The van der Waals surface area contributed by atoms with Gasteiger partial charge in [0, 0.05) is 17.8 Å². The van der Waals surface area contributed by atoms with Crippen molar-refractivity contribution in [3.8, 4) is 0 Å². The summed E-state index contributed by atoms with van der Waals surface area (Å²) in [7, 11) is 0. The number of carbonyl (C=O) groups excluding carboxylic acids is 1. The van der Waals surface area contributed by atoms with Crippen LogP contribution in [0.2, 0.25) is 0 Å². The second kappa shape index (κ2) is 7.25. The summed E-state index contributed by atoms with van der Waals surface area (Å²) < 4.78 is 0. The first-order valence-electron chi connectivity index (χ1n) is 8.17. The number of nitrogens with zero attached hydrogens (tertiary/aromatic N) is 1. The van der Waals surface area contributed by atoms with Crippen molar-refractivity contribution < 1.29 is 14.7 Å². The van der Waals surface area contributed by atoms with E-state index in [0.29, 0.717) is 11.5 Å². The van der Waals surface area contributed by atoms with E-state index in [9.17, 15) is 9.59 Å². The molecule has 1 aliphatic rings. The summed E-state index contributed by atoms with van der Waals surface area (Å²) in [5.41, 5.74) is 1.50. The SMILES string of the molecule is O=C(NC1CCCC1Cc1ccccc1)c1ccnc(C(=O)O)c1. The van der Waals surface area contributed by atoms with Gasteiger partial charge in [-0.25, -0.2) is 9.78 Å². The molecule has 1 aromatic heterocycles. The van der Waals surface area contributed by atoms with Gasteiger partial charge in [0.25, 0.3) is 5.91 Å². The number of carboxylic acids is 1. The Kier molecular flexibility index (Phi) is 4.89. The maximum atomic E-state index is 12.4. The third-order valence-electron chi connectivity index (χ3n) is 4.56. The average molecular weight is 324 g/mol. The second-order valence-electron chi connectivity index (χ2n) is 6.20. The fraction of sp³-hybridized carbons (Fsp3) is 0.316. The largest absolute Gasteiger partial charge is 0.477 e. The normalized spacial score (nSPS) is 19.8. The van der Waals surface area contributed by atoms with Gasteiger partial charge in [-0.3, -0.25) is 4.79 Å². The third kappa shape index (κ3) is 3.79. The summed E-state index contributed by atoms with van der Waals surface area (Å²) >= 11 is 0. The molecule has 1 aliphatic carbocycles. The Morgan fingerprint density at radius 3 is 2.71 bits per heavy atom. The van der Waals surface area contributed by atoms with Crippen LogP contribution in [0.4, 0.5) is 0 Å². The molecule has 1 aromatic carbocycles. The lowest BCUT2D eigenvalue weighted by Crippen LogP contribution is -2.38. The highest BCUT2D eigenvalue weighted by atomic mass is 16.4. The molecule has 5 nitrogen and oxygen atoms in total. The number of hydrogen-bond donors (Lipinski definition) is 2. The minimum absolute atomic E-state index is 0.116. The van der Waals surface area contributed by atoms with Crippen molar-refractivity contribution in [2.24, 2.45) is 5.92 Å². The van der Waals surface area contributed by atoms with Crippen LogP contribution in [0.15, 0.2) is 48.7 Å². The lowest BCUT2D eigenvalue weighted by Gasteiger charge is -2.21. The van der Waals surface area contributed by atoms with Crippen LogP contribution in [0.25, 0.3) is 0 Å². The number of rotatable bonds is 5. The number of benzene rings is 1. The van der Waals surface area contributed by atoms with Crippen LogP contribution in [-0.4, -0.2) is 28.0 Å². The van der Waals surface area contributed by atoms with Crippen LogP contribution in [0.1, 0.15) is 45.7 Å². The summed E-state index contributed by atoms with van der Waals surface area (Å²) in [6, 6.07) is 13.3. The number of nitrogens with one attached hydrogen (secondary N) is 1. The molecule has 0 spiro atoms. The minimum atomic E-state index is -1.13. The Hall–Kier alpha value is -2.69. The zero-order valence-corrected chi connectivity index (χ0v) is 13.3. The molecule has 2 unspecified atom stereocenters. The Labute approximate surface area is 140 Å². The highest BCUT2D eigenvalue weighted by Gasteiger charge is 2.29. The number of amides is 1. The smallest absolute Gasteiger partial charge is 0.354 e. The molecule has 1 amide bonds. The average Bonchev–Trinajstić information content (AvgIpc) is 3.02. The molecular weight excluding hydrogens is 304 g/mol. The summed E-state index contributed by atoms with van der Waals surface area (Å²) in [5.74, 6) is -0.950. The predicted octanol–water partition coefficient (Wildman–Crippen LogP) is 2.92. The Morgan fingerprint density at radius 2 is 1.96 bits per heavy atom. The van der Waals surface area contributed by atoms with Crippen LogP contribution < -0.4 is 5.32 Å². The maximum Gasteiger partial charge on any atom is 0.354 e. The molecule has 1 heterocycles. The molecule has 124 valence electrons. The van der Waals surface area contributed by atoms with E-state index >= 15 is 0 Å². The van der Waals surface area contributed by atoms with E-state index in [1.165, 1.54) is 17.8 Å². The van der Waals surface area contributed by atoms with Crippen LogP contribution in [0.5, 0.6) is 0 Å². The number of carbonyl (C=O) groups is 2. The number of pyridine rings is 1.